The Labute approximate surface area is 510 Å². The molecule has 0 aliphatic rings. The number of carboxylic acids is 5. The molecule has 5 atom stereocenters. The van der Waals surface area contributed by atoms with Crippen LogP contribution < -0.4 is 4.74 Å². The summed E-state index contributed by atoms with van der Waals surface area (Å²) >= 11 is 0. The van der Waals surface area contributed by atoms with Gasteiger partial charge in [0.2, 0.25) is 0 Å². The fraction of sp³-hybridized carbons (Fsp3) is 0.254. The van der Waals surface area contributed by atoms with Crippen LogP contribution >= 0.6 is 0 Å². The molecular formula is C67H74N10O11. The number of ether oxygens (including phenoxy) is 1. The highest BCUT2D eigenvalue weighted by Gasteiger charge is 2.23. The third-order valence-electron chi connectivity index (χ3n) is 14.0. The lowest BCUT2D eigenvalue weighted by atomic mass is 10.0. The molecule has 5 aromatic heterocycles. The van der Waals surface area contributed by atoms with Crippen LogP contribution in [-0.4, -0.2) is 110 Å². The second kappa shape index (κ2) is 34.9. The first kappa shape index (κ1) is 66.4. The first-order valence-corrected chi connectivity index (χ1v) is 28.5. The quantitative estimate of drug-likeness (QED) is 0.0376. The third kappa shape index (κ3) is 20.5. The summed E-state index contributed by atoms with van der Waals surface area (Å²) in [5.74, 6) is -0.662. The van der Waals surface area contributed by atoms with Crippen LogP contribution in [0.1, 0.15) is 128 Å². The molecule has 0 amide bonds. The highest BCUT2D eigenvalue weighted by Crippen LogP contribution is 2.28. The lowest BCUT2D eigenvalue weighted by Gasteiger charge is -2.19. The zero-order chi connectivity index (χ0) is 63.2. The molecule has 0 saturated carbocycles. The molecular weight excluding hydrogens is 1120 g/mol. The number of carboxylic acid groups (broad SMARTS) is 5. The molecule has 10 aromatic rings. The summed E-state index contributed by atoms with van der Waals surface area (Å²) in [6.07, 6.45) is 23.7. The smallest absolute Gasteiger partial charge is 0.305 e. The van der Waals surface area contributed by atoms with E-state index in [0.717, 1.165) is 70.3 Å². The van der Waals surface area contributed by atoms with Crippen molar-refractivity contribution in [3.63, 3.8) is 0 Å². The number of aryl methyl sites for hydroxylation is 3. The minimum Gasteiger partial charge on any atom is -0.497 e. The number of aromatic nitrogens is 10. The Hall–Kier alpha value is -10.7. The molecule has 88 heavy (non-hydrogen) atoms. The number of methoxy groups -OCH3 is 1. The van der Waals surface area contributed by atoms with Gasteiger partial charge in [-0.15, -0.1) is 0 Å². The van der Waals surface area contributed by atoms with Crippen LogP contribution in [0.25, 0.3) is 0 Å². The number of hydrogen-bond acceptors (Lipinski definition) is 11. The highest BCUT2D eigenvalue weighted by atomic mass is 16.5. The van der Waals surface area contributed by atoms with E-state index in [0.29, 0.717) is 0 Å². The van der Waals surface area contributed by atoms with Crippen LogP contribution in [0.5, 0.6) is 5.75 Å². The van der Waals surface area contributed by atoms with Crippen molar-refractivity contribution < 1.29 is 54.2 Å². The SMILES string of the molecule is CCCc1nccn1C(CC(=O)O)c1ccccc1.CCc1nccn1C(CC(=O)O)c1ccccc1.COc1ccc(C(CC(=O)O)n2ccnc2)cc1.Cc1nccn1C(CC(=O)O)c1ccccc1.O=C(O)CC(c1ccccc1)n1ccnc1. The Morgan fingerprint density at radius 1 is 0.409 bits per heavy atom. The van der Waals surface area contributed by atoms with Crippen molar-refractivity contribution in [2.45, 2.75) is 102 Å². The minimum absolute atomic E-state index is 0.0166. The van der Waals surface area contributed by atoms with E-state index in [1.165, 1.54) is 0 Å². The largest absolute Gasteiger partial charge is 0.497 e. The number of imidazole rings is 5. The Morgan fingerprint density at radius 2 is 0.739 bits per heavy atom. The summed E-state index contributed by atoms with van der Waals surface area (Å²) in [5.41, 5.74) is 4.86. The second-order valence-electron chi connectivity index (χ2n) is 20.0. The van der Waals surface area contributed by atoms with Gasteiger partial charge in [0, 0.05) is 74.8 Å². The van der Waals surface area contributed by atoms with Crippen molar-refractivity contribution in [3.8, 4) is 5.75 Å². The van der Waals surface area contributed by atoms with Crippen LogP contribution in [0.15, 0.2) is 220 Å². The fourth-order valence-corrected chi connectivity index (χ4v) is 9.85. The number of benzene rings is 5. The number of carbonyl (C=O) groups is 5. The first-order valence-electron chi connectivity index (χ1n) is 28.5. The van der Waals surface area contributed by atoms with Crippen molar-refractivity contribution in [1.82, 2.24) is 47.8 Å². The molecule has 0 spiro atoms. The van der Waals surface area contributed by atoms with Crippen LogP contribution in [0.2, 0.25) is 0 Å². The van der Waals surface area contributed by atoms with E-state index in [2.05, 4.69) is 31.8 Å². The molecule has 10 rings (SSSR count). The summed E-state index contributed by atoms with van der Waals surface area (Å²) in [5, 5.41) is 45.1. The summed E-state index contributed by atoms with van der Waals surface area (Å²) in [6, 6.07) is 44.9. The number of rotatable bonds is 24. The zero-order valence-electron chi connectivity index (χ0n) is 49.5. The molecule has 0 radical (unpaired) electrons. The molecule has 458 valence electrons. The van der Waals surface area contributed by atoms with Crippen LogP contribution in [-0.2, 0) is 36.8 Å². The molecule has 0 fully saturated rings. The Kier molecular flexibility index (Phi) is 26.4. The molecule has 5 unspecified atom stereocenters. The van der Waals surface area contributed by atoms with Gasteiger partial charge in [0.15, 0.2) is 0 Å². The van der Waals surface area contributed by atoms with Gasteiger partial charge in [-0.05, 0) is 53.3 Å². The Bertz CT molecular complexity index is 3630. The Morgan fingerprint density at radius 3 is 1.07 bits per heavy atom. The standard InChI is InChI=1S/C15H18N2O2.C14H16N2O2.C13H14N2O3.C13H14N2O2.C12H12N2O2/c1-2-6-14-16-9-10-17(14)13(11-15(18)19)12-7-4-3-5-8-12;1-2-13-15-8-9-16(13)12(10-14(17)18)11-6-4-3-5-7-11;1-18-11-4-2-10(3-5-11)12(8-13(16)17)15-7-6-14-9-15;1-10-14-7-8-15(10)12(9-13(16)17)11-5-3-2-4-6-11;15-12(16)8-11(14-7-6-13-9-14)10-4-2-1-3-5-10/h3-5,7-10,13H,2,6,11H2,1H3,(H,18,19);3-9,12H,2,10H2,1H3,(H,17,18);2-7,9,12H,8H2,1H3,(H,16,17);2-8,12H,9H2,1H3,(H,16,17);1-7,9,11H,8H2,(H,15,16). The van der Waals surface area contributed by atoms with Crippen molar-refractivity contribution in [3.05, 3.63) is 266 Å². The van der Waals surface area contributed by atoms with E-state index in [1.54, 1.807) is 67.7 Å². The minimum atomic E-state index is -0.843. The van der Waals surface area contributed by atoms with E-state index < -0.39 is 29.8 Å². The van der Waals surface area contributed by atoms with E-state index >= 15 is 0 Å². The van der Waals surface area contributed by atoms with Crippen molar-refractivity contribution in [1.29, 1.82) is 0 Å². The first-order chi connectivity index (χ1) is 42.6. The van der Waals surface area contributed by atoms with E-state index in [-0.39, 0.29) is 62.3 Å². The van der Waals surface area contributed by atoms with E-state index in [4.69, 9.17) is 30.3 Å². The maximum atomic E-state index is 11.1. The monoisotopic (exact) mass is 1190 g/mol. The molecule has 21 heteroatoms. The van der Waals surface area contributed by atoms with Gasteiger partial charge < -0.3 is 53.1 Å². The van der Waals surface area contributed by atoms with Crippen molar-refractivity contribution >= 4 is 29.8 Å². The molecule has 0 aliphatic heterocycles. The maximum Gasteiger partial charge on any atom is 0.305 e. The van der Waals surface area contributed by atoms with Crippen LogP contribution in [0, 0.1) is 6.92 Å². The lowest BCUT2D eigenvalue weighted by molar-refractivity contribution is -0.138. The fourth-order valence-electron chi connectivity index (χ4n) is 9.85. The summed E-state index contributed by atoms with van der Waals surface area (Å²) < 4.78 is 14.5. The molecule has 5 N–H and O–H groups in total. The molecule has 0 saturated heterocycles. The number of nitrogens with zero attached hydrogens (tertiary/aromatic N) is 10. The summed E-state index contributed by atoms with van der Waals surface area (Å²) in [4.78, 5) is 75.5. The third-order valence-corrected chi connectivity index (χ3v) is 14.0. The number of hydrogen-bond donors (Lipinski definition) is 5. The topological polar surface area (TPSA) is 285 Å². The van der Waals surface area contributed by atoms with Gasteiger partial charge in [-0.2, -0.15) is 0 Å². The summed E-state index contributed by atoms with van der Waals surface area (Å²) in [6.45, 7) is 5.98. The van der Waals surface area contributed by atoms with E-state index in [9.17, 15) is 24.0 Å². The molecule has 0 bridgehead atoms. The second-order valence-corrected chi connectivity index (χ2v) is 20.0. The average molecular weight is 1200 g/mol. The molecule has 5 aromatic carbocycles. The summed E-state index contributed by atoms with van der Waals surface area (Å²) in [7, 11) is 1.60. The molecule has 0 aliphatic carbocycles. The van der Waals surface area contributed by atoms with Gasteiger partial charge in [0.1, 0.15) is 23.2 Å². The predicted octanol–water partition coefficient (Wildman–Crippen LogP) is 11.6. The Balaban J connectivity index is 0.000000176. The lowest BCUT2D eigenvalue weighted by Crippen LogP contribution is -2.17. The normalized spacial score (nSPS) is 12.2. The van der Waals surface area contributed by atoms with Gasteiger partial charge in [-0.1, -0.05) is 147 Å². The predicted molar refractivity (Wildman–Crippen MR) is 330 cm³/mol. The average Bonchev–Trinajstić information content (AvgIpc) is 4.61. The van der Waals surface area contributed by atoms with Crippen molar-refractivity contribution in [2.24, 2.45) is 0 Å². The van der Waals surface area contributed by atoms with Gasteiger partial charge in [-0.3, -0.25) is 24.0 Å². The molecule has 5 heterocycles. The van der Waals surface area contributed by atoms with Gasteiger partial charge in [0.05, 0.1) is 82.1 Å². The van der Waals surface area contributed by atoms with Crippen molar-refractivity contribution in [2.75, 3.05) is 7.11 Å². The van der Waals surface area contributed by atoms with E-state index in [1.807, 2.05) is 196 Å². The number of aliphatic carboxylic acids is 5. The highest BCUT2D eigenvalue weighted by molar-refractivity contribution is 5.70. The maximum absolute atomic E-state index is 11.1. The zero-order valence-corrected chi connectivity index (χ0v) is 49.5. The van der Waals surface area contributed by atoms with Gasteiger partial charge >= 0.3 is 29.8 Å². The van der Waals surface area contributed by atoms with Gasteiger partial charge in [-0.25, -0.2) is 24.9 Å². The van der Waals surface area contributed by atoms with Gasteiger partial charge in [0.25, 0.3) is 0 Å². The van der Waals surface area contributed by atoms with Crippen LogP contribution in [0.3, 0.4) is 0 Å². The van der Waals surface area contributed by atoms with Crippen LogP contribution in [0.4, 0.5) is 0 Å². The molecule has 21 nitrogen and oxygen atoms in total.